The highest BCUT2D eigenvalue weighted by atomic mass is 31.1. The van der Waals surface area contributed by atoms with E-state index < -0.39 is 0 Å². The molecule has 0 N–H and O–H groups in total. The van der Waals surface area contributed by atoms with Gasteiger partial charge in [-0.1, -0.05) is 43.5 Å². The van der Waals surface area contributed by atoms with Gasteiger partial charge < -0.3 is 0 Å². The molecule has 4 fully saturated rings. The number of hydrogen-bond acceptors (Lipinski definition) is 0. The van der Waals surface area contributed by atoms with E-state index in [0.29, 0.717) is 22.6 Å². The average molecular weight is 459 g/mol. The van der Waals surface area contributed by atoms with Gasteiger partial charge in [0.1, 0.15) is 0 Å². The topological polar surface area (TPSA) is 0 Å². The van der Waals surface area contributed by atoms with Crippen LogP contribution in [0.2, 0.25) is 0 Å². The summed E-state index contributed by atoms with van der Waals surface area (Å²) in [5.41, 5.74) is 2.52. The van der Waals surface area contributed by atoms with Crippen molar-refractivity contribution in [2.45, 2.75) is 50.3 Å². The van der Waals surface area contributed by atoms with Crippen molar-refractivity contribution in [2.75, 3.05) is 12.3 Å². The van der Waals surface area contributed by atoms with Crippen LogP contribution in [-0.4, -0.2) is 35.0 Å². The monoisotopic (exact) mass is 458 g/mol. The Labute approximate surface area is 204 Å². The van der Waals surface area contributed by atoms with Crippen molar-refractivity contribution in [1.29, 1.82) is 0 Å². The van der Waals surface area contributed by atoms with Gasteiger partial charge in [0, 0.05) is 0 Å². The molecule has 4 aliphatic carbocycles. The second kappa shape index (κ2) is 12.7. The van der Waals surface area contributed by atoms with Gasteiger partial charge in [-0.3, -0.25) is 0 Å². The van der Waals surface area contributed by atoms with Crippen LogP contribution in [0.3, 0.4) is 0 Å². The molecule has 0 aromatic carbocycles. The first-order valence-electron chi connectivity index (χ1n) is 11.9. The fourth-order valence-corrected chi connectivity index (χ4v) is 12.1. The van der Waals surface area contributed by atoms with Gasteiger partial charge in [-0.25, -0.2) is 0 Å². The lowest BCUT2D eigenvalue weighted by molar-refractivity contribution is 0.926. The van der Waals surface area contributed by atoms with Gasteiger partial charge in [0.15, 0.2) is 0 Å². The van der Waals surface area contributed by atoms with E-state index in [9.17, 15) is 0 Å². The third-order valence-corrected chi connectivity index (χ3v) is 14.3. The van der Waals surface area contributed by atoms with Crippen molar-refractivity contribution < 1.29 is 0 Å². The zero-order valence-electron chi connectivity index (χ0n) is 19.9. The summed E-state index contributed by atoms with van der Waals surface area (Å²) in [6.45, 7) is 9.90. The Morgan fingerprint density at radius 3 is 0.781 bits per heavy atom. The molecule has 0 unspecified atom stereocenters. The number of rotatable bonds is 11. The lowest BCUT2D eigenvalue weighted by Gasteiger charge is -2.40. The molecule has 4 aliphatic rings. The Hall–Kier alpha value is 0.860. The molecular formula is C30H36P2. The Morgan fingerprint density at radius 2 is 0.594 bits per heavy atom. The maximum absolute atomic E-state index is 2.48. The van der Waals surface area contributed by atoms with Crippen molar-refractivity contribution in [2.24, 2.45) is 0 Å². The molecule has 2 heteroatoms. The SMILES string of the molecule is C[C@@H]([C]1[CH][CH][CH][CH]1)P(CCP([C@@H](C)[C]1[CH][CH][CH][CH]1)[C@@H](C)[C]1[CH][CH][CH][CH]1)[C@@H](C)[C]1[CH][CH][CH][CH]1. The predicted octanol–water partition coefficient (Wildman–Crippen LogP) is 7.13. The van der Waals surface area contributed by atoms with Gasteiger partial charge in [-0.15, -0.1) is 0 Å². The molecule has 0 aromatic heterocycles. The summed E-state index contributed by atoms with van der Waals surface area (Å²) in [5.74, 6) is 6.08. The molecule has 0 bridgehead atoms. The van der Waals surface area contributed by atoms with Crippen molar-refractivity contribution in [1.82, 2.24) is 0 Å². The van der Waals surface area contributed by atoms with E-state index in [0.717, 1.165) is 0 Å². The van der Waals surface area contributed by atoms with Gasteiger partial charge in [0.05, 0.1) is 0 Å². The van der Waals surface area contributed by atoms with E-state index in [1.54, 1.807) is 0 Å². The highest BCUT2D eigenvalue weighted by molar-refractivity contribution is 7.63. The average Bonchev–Trinajstić information content (AvgIpc) is 3.62. The first-order chi connectivity index (χ1) is 15.6. The van der Waals surface area contributed by atoms with E-state index in [1.807, 2.05) is 0 Å². The Kier molecular flexibility index (Phi) is 10.3. The molecule has 0 aliphatic heterocycles. The van der Waals surface area contributed by atoms with Crippen LogP contribution in [-0.2, 0) is 0 Å². The Morgan fingerprint density at radius 1 is 0.406 bits per heavy atom. The second-order valence-corrected chi connectivity index (χ2v) is 15.1. The second-order valence-electron chi connectivity index (χ2n) is 9.05. The quantitative estimate of drug-likeness (QED) is 0.289. The van der Waals surface area contributed by atoms with Crippen LogP contribution in [0.4, 0.5) is 0 Å². The molecule has 4 atom stereocenters. The molecule has 32 heavy (non-hydrogen) atoms. The van der Waals surface area contributed by atoms with Crippen LogP contribution in [0.15, 0.2) is 0 Å². The lowest BCUT2D eigenvalue weighted by Crippen LogP contribution is -2.26. The molecule has 4 saturated carbocycles. The summed E-state index contributed by atoms with van der Waals surface area (Å²) in [4.78, 5) is 0. The van der Waals surface area contributed by atoms with Crippen molar-refractivity contribution >= 4 is 15.8 Å². The normalized spacial score (nSPS) is 28.3. The number of hydrogen-bond donors (Lipinski definition) is 0. The molecule has 166 valence electrons. The minimum atomic E-state index is -0.165. The van der Waals surface area contributed by atoms with Crippen molar-refractivity contribution in [3.63, 3.8) is 0 Å². The molecule has 0 heterocycles. The summed E-state index contributed by atoms with van der Waals surface area (Å²) in [7, 11) is -0.330. The Balaban J connectivity index is 1.46. The van der Waals surface area contributed by atoms with Gasteiger partial charge in [0.25, 0.3) is 0 Å². The third kappa shape index (κ3) is 6.34. The zero-order valence-corrected chi connectivity index (χ0v) is 21.6. The molecule has 0 spiro atoms. The molecule has 0 nitrogen and oxygen atoms in total. The molecule has 4 rings (SSSR count). The first-order valence-corrected chi connectivity index (χ1v) is 15.3. The zero-order chi connectivity index (χ0) is 22.5. The Bertz CT molecular complexity index is 431. The fourth-order valence-electron chi connectivity index (χ4n) is 5.11. The van der Waals surface area contributed by atoms with Crippen LogP contribution < -0.4 is 0 Å². The maximum Gasteiger partial charge on any atom is -0.00962 e. The smallest absolute Gasteiger partial charge is 0.00962 e. The molecular weight excluding hydrogens is 422 g/mol. The van der Waals surface area contributed by atoms with Crippen molar-refractivity contribution in [3.8, 4) is 0 Å². The van der Waals surface area contributed by atoms with Gasteiger partial charge in [-0.05, 0) is 161 Å². The van der Waals surface area contributed by atoms with Crippen LogP contribution in [0.1, 0.15) is 27.7 Å². The minimum absolute atomic E-state index is 0.165. The van der Waals surface area contributed by atoms with Crippen LogP contribution >= 0.6 is 15.8 Å². The predicted molar refractivity (Wildman–Crippen MR) is 143 cm³/mol. The summed E-state index contributed by atoms with van der Waals surface area (Å²) in [6, 6.07) is 0. The van der Waals surface area contributed by atoms with Crippen LogP contribution in [0.25, 0.3) is 0 Å². The minimum Gasteiger partial charge on any atom is -0.0993 e. The van der Waals surface area contributed by atoms with Gasteiger partial charge in [0.2, 0.25) is 0 Å². The maximum atomic E-state index is 2.48. The molecule has 20 radical (unpaired) electrons. The van der Waals surface area contributed by atoms with E-state index in [4.69, 9.17) is 0 Å². The highest BCUT2D eigenvalue weighted by Crippen LogP contribution is 2.61. The summed E-state index contributed by atoms with van der Waals surface area (Å²) in [6.07, 6.45) is 39.0. The van der Waals surface area contributed by atoms with E-state index >= 15 is 0 Å². The van der Waals surface area contributed by atoms with Gasteiger partial charge in [-0.2, -0.15) is 0 Å². The summed E-state index contributed by atoms with van der Waals surface area (Å²) >= 11 is 0. The third-order valence-electron chi connectivity index (χ3n) is 7.29. The van der Waals surface area contributed by atoms with E-state index in [1.165, 1.54) is 36.0 Å². The van der Waals surface area contributed by atoms with E-state index in [2.05, 4.69) is 130 Å². The first kappa shape index (κ1) is 25.9. The summed E-state index contributed by atoms with van der Waals surface area (Å²) in [5, 5.41) is 0. The molecule has 0 saturated heterocycles. The van der Waals surface area contributed by atoms with Crippen molar-refractivity contribution in [3.05, 3.63) is 126 Å². The van der Waals surface area contributed by atoms with Gasteiger partial charge >= 0.3 is 0 Å². The molecule has 0 amide bonds. The largest absolute Gasteiger partial charge is 0.0993 e. The highest BCUT2D eigenvalue weighted by Gasteiger charge is 2.40. The van der Waals surface area contributed by atoms with E-state index in [-0.39, 0.29) is 15.8 Å². The fraction of sp³-hybridized carbons (Fsp3) is 0.333. The van der Waals surface area contributed by atoms with Crippen LogP contribution in [0, 0.1) is 126 Å². The summed E-state index contributed by atoms with van der Waals surface area (Å²) < 4.78 is 0. The van der Waals surface area contributed by atoms with Crippen LogP contribution in [0.5, 0.6) is 0 Å². The lowest BCUT2D eigenvalue weighted by atomic mass is 10.0. The molecule has 0 aromatic rings. The standard InChI is InChI=1S/C30H36P2/c1-23(27-13-5-6-14-27)31(24(2)28-15-7-8-16-28)21-22-32(25(3)29-17-9-10-18-29)26(4)30-19-11-12-20-30/h5-20,23-26H,21-22H2,1-4H3/t23-,24-,25-,26-/m0/s1.